The fraction of sp³-hybridized carbons (Fsp3) is 0. The third kappa shape index (κ3) is 3.49. The minimum atomic E-state index is -4.04. The van der Waals surface area contributed by atoms with Crippen molar-refractivity contribution in [2.24, 2.45) is 4.40 Å². The lowest BCUT2D eigenvalue weighted by Crippen LogP contribution is -2.13. The second kappa shape index (κ2) is 6.10. The van der Waals surface area contributed by atoms with E-state index in [0.717, 1.165) is 6.08 Å². The number of ketones is 1. The number of rotatable bonds is 2. The summed E-state index contributed by atoms with van der Waals surface area (Å²) in [7, 11) is -4.04. The molecule has 0 amide bonds. The minimum Gasteiger partial charge on any atom is -0.287 e. The summed E-state index contributed by atoms with van der Waals surface area (Å²) in [6, 6.07) is 5.40. The van der Waals surface area contributed by atoms with Crippen LogP contribution in [0.4, 0.5) is 0 Å². The molecule has 0 heterocycles. The Morgan fingerprint density at radius 2 is 1.48 bits per heavy atom. The Hall–Kier alpha value is -0.850. The van der Waals surface area contributed by atoms with Crippen LogP contribution in [0.5, 0.6) is 0 Å². The number of benzene rings is 1. The Morgan fingerprint density at radius 1 is 0.905 bits per heavy atom. The van der Waals surface area contributed by atoms with E-state index in [2.05, 4.69) is 4.40 Å². The molecule has 0 saturated carbocycles. The Balaban J connectivity index is 2.52. The topological polar surface area (TPSA) is 63.6 Å². The van der Waals surface area contributed by atoms with Gasteiger partial charge in [-0.25, -0.2) is 0 Å². The van der Waals surface area contributed by atoms with Gasteiger partial charge >= 0.3 is 0 Å². The lowest BCUT2D eigenvalue weighted by Gasteiger charge is -2.10. The van der Waals surface area contributed by atoms with Gasteiger partial charge in [0.2, 0.25) is 5.78 Å². The number of carbonyl (C=O) groups is 1. The smallest absolute Gasteiger partial charge is 0.282 e. The summed E-state index contributed by atoms with van der Waals surface area (Å²) in [5.41, 5.74) is -0.207. The largest absolute Gasteiger partial charge is 0.287 e. The molecule has 21 heavy (non-hydrogen) atoms. The van der Waals surface area contributed by atoms with Crippen molar-refractivity contribution in [2.75, 3.05) is 0 Å². The lowest BCUT2D eigenvalue weighted by atomic mass is 10.1. The zero-order valence-electron chi connectivity index (χ0n) is 9.98. The summed E-state index contributed by atoms with van der Waals surface area (Å²) in [5.74, 6) is -0.689. The van der Waals surface area contributed by atoms with Gasteiger partial charge in [-0.2, -0.15) is 12.8 Å². The molecule has 0 fully saturated rings. The number of allylic oxidation sites excluding steroid dienone is 4. The third-order valence-corrected chi connectivity index (χ3v) is 5.10. The molecule has 1 aliphatic rings. The van der Waals surface area contributed by atoms with Crippen molar-refractivity contribution < 1.29 is 13.2 Å². The van der Waals surface area contributed by atoms with E-state index in [4.69, 9.17) is 46.4 Å². The Labute approximate surface area is 140 Å². The van der Waals surface area contributed by atoms with Gasteiger partial charge < -0.3 is 0 Å². The third-order valence-electron chi connectivity index (χ3n) is 2.43. The van der Waals surface area contributed by atoms with Crippen LogP contribution in [-0.2, 0) is 14.8 Å². The van der Waals surface area contributed by atoms with Gasteiger partial charge in [0.25, 0.3) is 10.0 Å². The van der Waals surface area contributed by atoms with E-state index in [1.54, 1.807) is 0 Å². The van der Waals surface area contributed by atoms with Crippen LogP contribution in [0, 0.1) is 0 Å². The van der Waals surface area contributed by atoms with E-state index in [9.17, 15) is 13.2 Å². The predicted molar refractivity (Wildman–Crippen MR) is 83.7 cm³/mol. The summed E-state index contributed by atoms with van der Waals surface area (Å²) >= 11 is 22.9. The highest BCUT2D eigenvalue weighted by Gasteiger charge is 2.26. The monoisotopic (exact) mass is 383 g/mol. The molecule has 1 aliphatic carbocycles. The average molecular weight is 385 g/mol. The maximum atomic E-state index is 12.1. The standard InChI is InChI=1S/C12H5Cl4NO3S/c13-6-1-3-7(4-2-6)21(19,20)17-9-5-8(14)12(18)11(16)10(9)15/h1-5H/b17-9+. The summed E-state index contributed by atoms with van der Waals surface area (Å²) < 4.78 is 27.8. The Morgan fingerprint density at radius 3 is 2.05 bits per heavy atom. The van der Waals surface area contributed by atoms with Crippen LogP contribution < -0.4 is 0 Å². The molecule has 1 aromatic carbocycles. The number of Topliss-reactive ketones (excluding diaryl/α,β-unsaturated/α-hetero) is 1. The predicted octanol–water partition coefficient (Wildman–Crippen LogP) is 3.86. The number of hydrogen-bond donors (Lipinski definition) is 0. The lowest BCUT2D eigenvalue weighted by molar-refractivity contribution is -0.111. The summed E-state index contributed by atoms with van der Waals surface area (Å²) in [4.78, 5) is 11.4. The molecule has 110 valence electrons. The van der Waals surface area contributed by atoms with Crippen molar-refractivity contribution in [3.63, 3.8) is 0 Å². The number of sulfonamides is 1. The van der Waals surface area contributed by atoms with Gasteiger partial charge in [-0.05, 0) is 30.3 Å². The second-order valence-electron chi connectivity index (χ2n) is 3.85. The molecule has 0 aliphatic heterocycles. The van der Waals surface area contributed by atoms with Gasteiger partial charge in [0.05, 0.1) is 20.7 Å². The van der Waals surface area contributed by atoms with Crippen LogP contribution in [0.15, 0.2) is 54.7 Å². The Bertz CT molecular complexity index is 807. The number of nitrogens with zero attached hydrogens (tertiary/aromatic N) is 1. The van der Waals surface area contributed by atoms with Crippen molar-refractivity contribution in [1.29, 1.82) is 0 Å². The highest BCUT2D eigenvalue weighted by atomic mass is 35.5. The van der Waals surface area contributed by atoms with Crippen LogP contribution in [0.2, 0.25) is 5.02 Å². The molecule has 1 aromatic rings. The molecular weight excluding hydrogens is 380 g/mol. The average Bonchev–Trinajstić information content (AvgIpc) is 2.42. The van der Waals surface area contributed by atoms with Gasteiger partial charge in [-0.1, -0.05) is 46.4 Å². The van der Waals surface area contributed by atoms with Crippen LogP contribution in [-0.4, -0.2) is 19.9 Å². The van der Waals surface area contributed by atoms with Gasteiger partial charge in [-0.15, -0.1) is 0 Å². The van der Waals surface area contributed by atoms with E-state index in [1.807, 2.05) is 0 Å². The summed E-state index contributed by atoms with van der Waals surface area (Å²) in [6.07, 6.45) is 1.05. The highest BCUT2D eigenvalue weighted by molar-refractivity contribution is 7.90. The first-order valence-corrected chi connectivity index (χ1v) is 8.25. The van der Waals surface area contributed by atoms with Crippen LogP contribution in [0.3, 0.4) is 0 Å². The zero-order chi connectivity index (χ0) is 15.8. The van der Waals surface area contributed by atoms with E-state index in [-0.39, 0.29) is 25.7 Å². The molecule has 2 rings (SSSR count). The van der Waals surface area contributed by atoms with Crippen molar-refractivity contribution in [3.05, 3.63) is 50.5 Å². The quantitative estimate of drug-likeness (QED) is 0.727. The molecule has 0 atom stereocenters. The minimum absolute atomic E-state index is 0.0820. The van der Waals surface area contributed by atoms with Crippen LogP contribution in [0.1, 0.15) is 0 Å². The number of hydrogen-bond acceptors (Lipinski definition) is 3. The van der Waals surface area contributed by atoms with Gasteiger partial charge in [0.1, 0.15) is 5.03 Å². The molecule has 0 saturated heterocycles. The summed E-state index contributed by atoms with van der Waals surface area (Å²) in [5, 5.41) is -0.541. The molecule has 0 aromatic heterocycles. The maximum absolute atomic E-state index is 12.1. The first kappa shape index (κ1) is 16.5. The number of carbonyl (C=O) groups excluding carboxylic acids is 1. The molecule has 0 bridgehead atoms. The Kier molecular flexibility index (Phi) is 4.80. The SMILES string of the molecule is O=C1C(Cl)=C/C(=N\S(=O)(=O)c2ccc(Cl)cc2)C(Cl)=C1Cl. The van der Waals surface area contributed by atoms with Crippen LogP contribution in [0.25, 0.3) is 0 Å². The van der Waals surface area contributed by atoms with Crippen molar-refractivity contribution in [2.45, 2.75) is 4.90 Å². The molecule has 0 spiro atoms. The molecule has 0 unspecified atom stereocenters. The van der Waals surface area contributed by atoms with Gasteiger partial charge in [0, 0.05) is 5.02 Å². The van der Waals surface area contributed by atoms with E-state index in [0.29, 0.717) is 5.02 Å². The first-order chi connectivity index (χ1) is 9.72. The maximum Gasteiger partial charge on any atom is 0.282 e. The second-order valence-corrected chi connectivity index (χ2v) is 7.06. The van der Waals surface area contributed by atoms with E-state index in [1.165, 1.54) is 24.3 Å². The van der Waals surface area contributed by atoms with Gasteiger partial charge in [-0.3, -0.25) is 4.79 Å². The molecule has 0 N–H and O–H groups in total. The summed E-state index contributed by atoms with van der Waals surface area (Å²) in [6.45, 7) is 0. The normalized spacial score (nSPS) is 18.2. The van der Waals surface area contributed by atoms with Crippen molar-refractivity contribution in [3.8, 4) is 0 Å². The number of halogens is 4. The zero-order valence-corrected chi connectivity index (χ0v) is 13.8. The molecule has 4 nitrogen and oxygen atoms in total. The highest BCUT2D eigenvalue weighted by Crippen LogP contribution is 2.28. The van der Waals surface area contributed by atoms with E-state index >= 15 is 0 Å². The molecular formula is C12H5Cl4NO3S. The first-order valence-electron chi connectivity index (χ1n) is 5.30. The fourth-order valence-corrected chi connectivity index (χ4v) is 3.21. The van der Waals surface area contributed by atoms with Crippen molar-refractivity contribution >= 4 is 67.9 Å². The molecule has 0 radical (unpaired) electrons. The van der Waals surface area contributed by atoms with Gasteiger partial charge in [0.15, 0.2) is 0 Å². The fourth-order valence-electron chi connectivity index (χ4n) is 1.42. The van der Waals surface area contributed by atoms with Crippen molar-refractivity contribution in [1.82, 2.24) is 0 Å². The van der Waals surface area contributed by atoms with E-state index < -0.39 is 15.8 Å². The van der Waals surface area contributed by atoms with Crippen LogP contribution >= 0.6 is 46.4 Å². The molecule has 9 heteroatoms.